The Hall–Kier alpha value is -4.84. The molecule has 0 saturated heterocycles. The van der Waals surface area contributed by atoms with Crippen LogP contribution < -0.4 is 38.9 Å². The fraction of sp³-hybridized carbons (Fsp3) is 0.0714. The van der Waals surface area contributed by atoms with E-state index in [0.717, 1.165) is 5.56 Å². The number of nitrogen functional groups attached to an aromatic ring is 2. The summed E-state index contributed by atoms with van der Waals surface area (Å²) in [5.41, 5.74) is 19.5. The SMILES string of the molecule is N=C(N)c1cc(NC(=O)C(Cc2ccccc2)n2cnc(-c3cc(Cl)ccc3N(N)/C=C(\N)Cl)cc2=O)ccc1N. The van der Waals surface area contributed by atoms with Gasteiger partial charge < -0.3 is 22.5 Å². The molecule has 0 saturated carbocycles. The van der Waals surface area contributed by atoms with E-state index in [-0.39, 0.29) is 28.7 Å². The Morgan fingerprint density at radius 2 is 1.83 bits per heavy atom. The standard InChI is InChI=1S/C28H27Cl2N9O2/c29-17-6-9-23(39(35)14-25(30)32)20(11-17)22-13-26(40)38(15-36-22)24(10-16-4-2-1-3-5-16)28(41)37-18-7-8-21(31)19(12-18)27(33)34/h1-9,11-15,24H,10,31-32,35H2,(H3,33,34)(H,37,41)/b25-14-. The Bertz CT molecular complexity index is 1690. The number of carbonyl (C=O) groups excluding carboxylic acids is 1. The maximum atomic E-state index is 13.6. The lowest BCUT2D eigenvalue weighted by Crippen LogP contribution is -2.35. The molecule has 11 nitrogen and oxygen atoms in total. The molecule has 210 valence electrons. The second-order valence-electron chi connectivity index (χ2n) is 9.01. The van der Waals surface area contributed by atoms with Gasteiger partial charge in [0.2, 0.25) is 5.91 Å². The Balaban J connectivity index is 1.74. The topological polar surface area (TPSA) is 195 Å². The van der Waals surface area contributed by atoms with E-state index in [1.807, 2.05) is 30.3 Å². The average molecular weight is 592 g/mol. The Morgan fingerprint density at radius 3 is 2.49 bits per heavy atom. The number of halogens is 2. The first kappa shape index (κ1) is 29.2. The number of hydrogen-bond donors (Lipinski definition) is 6. The van der Waals surface area contributed by atoms with E-state index < -0.39 is 17.5 Å². The number of amidine groups is 1. The van der Waals surface area contributed by atoms with Gasteiger partial charge in [-0.25, -0.2) is 10.8 Å². The van der Waals surface area contributed by atoms with E-state index in [0.29, 0.717) is 27.6 Å². The highest BCUT2D eigenvalue weighted by Gasteiger charge is 2.24. The first-order valence-corrected chi connectivity index (χ1v) is 12.9. The van der Waals surface area contributed by atoms with Crippen LogP contribution >= 0.6 is 23.2 Å². The third-order valence-electron chi connectivity index (χ3n) is 6.13. The number of nitrogens with one attached hydrogen (secondary N) is 2. The summed E-state index contributed by atoms with van der Waals surface area (Å²) in [6.45, 7) is 0. The maximum Gasteiger partial charge on any atom is 0.254 e. The molecular weight excluding hydrogens is 565 g/mol. The minimum atomic E-state index is -0.978. The second-order valence-corrected chi connectivity index (χ2v) is 9.89. The zero-order valence-corrected chi connectivity index (χ0v) is 23.1. The summed E-state index contributed by atoms with van der Waals surface area (Å²) in [7, 11) is 0. The van der Waals surface area contributed by atoms with Gasteiger partial charge in [-0.3, -0.25) is 24.6 Å². The van der Waals surface area contributed by atoms with Gasteiger partial charge in [-0.05, 0) is 42.0 Å². The van der Waals surface area contributed by atoms with Crippen LogP contribution in [0.3, 0.4) is 0 Å². The van der Waals surface area contributed by atoms with Crippen LogP contribution in [0.1, 0.15) is 17.2 Å². The van der Waals surface area contributed by atoms with Crippen LogP contribution in [0.2, 0.25) is 5.02 Å². The predicted molar refractivity (Wildman–Crippen MR) is 163 cm³/mol. The summed E-state index contributed by atoms with van der Waals surface area (Å²) in [5, 5.41) is 12.1. The molecule has 4 aromatic rings. The zero-order chi connectivity index (χ0) is 29.7. The Kier molecular flexibility index (Phi) is 8.93. The lowest BCUT2D eigenvalue weighted by Gasteiger charge is -2.21. The van der Waals surface area contributed by atoms with Gasteiger partial charge in [0.1, 0.15) is 17.0 Å². The van der Waals surface area contributed by atoms with Crippen LogP contribution in [0, 0.1) is 5.41 Å². The summed E-state index contributed by atoms with van der Waals surface area (Å²) in [6, 6.07) is 19.0. The van der Waals surface area contributed by atoms with Crippen molar-refractivity contribution < 1.29 is 4.79 Å². The molecule has 13 heteroatoms. The number of nitrogens with two attached hydrogens (primary N) is 4. The number of amides is 1. The molecule has 1 heterocycles. The summed E-state index contributed by atoms with van der Waals surface area (Å²) < 4.78 is 1.25. The molecule has 0 aliphatic rings. The molecule has 41 heavy (non-hydrogen) atoms. The highest BCUT2D eigenvalue weighted by Crippen LogP contribution is 2.31. The van der Waals surface area contributed by atoms with Gasteiger partial charge in [0.25, 0.3) is 5.56 Å². The van der Waals surface area contributed by atoms with Crippen molar-refractivity contribution in [1.29, 1.82) is 5.41 Å². The van der Waals surface area contributed by atoms with Crippen molar-refractivity contribution in [3.63, 3.8) is 0 Å². The molecule has 4 rings (SSSR count). The lowest BCUT2D eigenvalue weighted by atomic mass is 10.0. The van der Waals surface area contributed by atoms with Crippen molar-refractivity contribution >= 4 is 52.0 Å². The van der Waals surface area contributed by atoms with E-state index in [9.17, 15) is 9.59 Å². The van der Waals surface area contributed by atoms with Gasteiger partial charge in [0, 0.05) is 40.0 Å². The number of hydrazine groups is 1. The van der Waals surface area contributed by atoms with Crippen molar-refractivity contribution in [2.75, 3.05) is 16.1 Å². The molecule has 0 bridgehead atoms. The molecule has 0 fully saturated rings. The number of rotatable bonds is 9. The third-order valence-corrected chi connectivity index (χ3v) is 6.47. The largest absolute Gasteiger partial charge is 0.398 e. The van der Waals surface area contributed by atoms with E-state index >= 15 is 0 Å². The number of nitrogens with zero attached hydrogens (tertiary/aromatic N) is 3. The van der Waals surface area contributed by atoms with Gasteiger partial charge in [-0.1, -0.05) is 53.5 Å². The summed E-state index contributed by atoms with van der Waals surface area (Å²) in [5.74, 6) is 5.37. The normalized spacial score (nSPS) is 12.0. The summed E-state index contributed by atoms with van der Waals surface area (Å²) in [4.78, 5) is 31.5. The smallest absolute Gasteiger partial charge is 0.254 e. The van der Waals surface area contributed by atoms with Gasteiger partial charge in [-0.2, -0.15) is 0 Å². The summed E-state index contributed by atoms with van der Waals surface area (Å²) in [6.07, 6.45) is 2.79. The average Bonchev–Trinajstić information content (AvgIpc) is 2.93. The zero-order valence-electron chi connectivity index (χ0n) is 21.6. The Morgan fingerprint density at radius 1 is 1.10 bits per heavy atom. The van der Waals surface area contributed by atoms with Crippen molar-refractivity contribution in [2.45, 2.75) is 12.5 Å². The molecule has 0 radical (unpaired) electrons. The highest BCUT2D eigenvalue weighted by atomic mass is 35.5. The number of aromatic nitrogens is 2. The fourth-order valence-electron chi connectivity index (χ4n) is 4.18. The monoisotopic (exact) mass is 591 g/mol. The molecule has 1 atom stereocenters. The second kappa shape index (κ2) is 12.6. The van der Waals surface area contributed by atoms with Crippen LogP contribution in [0.4, 0.5) is 17.1 Å². The van der Waals surface area contributed by atoms with Gasteiger partial charge in [0.05, 0.1) is 23.9 Å². The predicted octanol–water partition coefficient (Wildman–Crippen LogP) is 3.53. The first-order valence-electron chi connectivity index (χ1n) is 12.2. The summed E-state index contributed by atoms with van der Waals surface area (Å²) >= 11 is 12.0. The fourth-order valence-corrected chi connectivity index (χ4v) is 4.46. The van der Waals surface area contributed by atoms with E-state index in [4.69, 9.17) is 51.7 Å². The number of hydrogen-bond acceptors (Lipinski definition) is 8. The molecule has 0 spiro atoms. The molecular formula is C28H27Cl2N9O2. The molecule has 1 amide bonds. The first-order chi connectivity index (χ1) is 19.5. The molecule has 3 aromatic carbocycles. The van der Waals surface area contributed by atoms with Gasteiger partial charge in [-0.15, -0.1) is 0 Å². The quantitative estimate of drug-likeness (QED) is 0.0424. The van der Waals surface area contributed by atoms with Crippen molar-refractivity contribution in [1.82, 2.24) is 9.55 Å². The lowest BCUT2D eigenvalue weighted by molar-refractivity contribution is -0.119. The molecule has 0 aliphatic heterocycles. The van der Waals surface area contributed by atoms with Crippen molar-refractivity contribution in [2.24, 2.45) is 17.3 Å². The van der Waals surface area contributed by atoms with E-state index in [2.05, 4.69) is 10.3 Å². The maximum absolute atomic E-state index is 13.6. The highest BCUT2D eigenvalue weighted by molar-refractivity contribution is 6.31. The number of benzene rings is 3. The molecule has 10 N–H and O–H groups in total. The van der Waals surface area contributed by atoms with Gasteiger partial charge in [0.15, 0.2) is 0 Å². The van der Waals surface area contributed by atoms with Crippen LogP contribution in [0.25, 0.3) is 11.3 Å². The molecule has 0 aliphatic carbocycles. The number of carbonyl (C=O) groups is 1. The Labute approximate surface area is 245 Å². The van der Waals surface area contributed by atoms with Crippen LogP contribution in [-0.2, 0) is 11.2 Å². The van der Waals surface area contributed by atoms with E-state index in [1.54, 1.807) is 24.3 Å². The molecule has 1 unspecified atom stereocenters. The minimum Gasteiger partial charge on any atom is -0.398 e. The van der Waals surface area contributed by atoms with Crippen molar-refractivity contribution in [3.8, 4) is 11.3 Å². The van der Waals surface area contributed by atoms with Crippen LogP contribution in [0.15, 0.2) is 95.3 Å². The molecule has 1 aromatic heterocycles. The number of anilines is 3. The van der Waals surface area contributed by atoms with E-state index in [1.165, 1.54) is 40.3 Å². The van der Waals surface area contributed by atoms with Crippen LogP contribution in [0.5, 0.6) is 0 Å². The van der Waals surface area contributed by atoms with Crippen LogP contribution in [-0.4, -0.2) is 21.3 Å². The van der Waals surface area contributed by atoms with Crippen molar-refractivity contribution in [3.05, 3.63) is 117 Å². The third kappa shape index (κ3) is 7.03. The minimum absolute atomic E-state index is 0.0527. The van der Waals surface area contributed by atoms with Gasteiger partial charge >= 0.3 is 0 Å².